The molecule has 4 rings (SSSR count). The molecule has 0 saturated carbocycles. The van der Waals surface area contributed by atoms with Gasteiger partial charge < -0.3 is 9.15 Å². The smallest absolute Gasteiger partial charge is 0.417 e. The van der Waals surface area contributed by atoms with Crippen molar-refractivity contribution in [3.8, 4) is 5.88 Å². The van der Waals surface area contributed by atoms with Crippen molar-refractivity contribution in [3.05, 3.63) is 52.6 Å². The molecule has 0 radical (unpaired) electrons. The summed E-state index contributed by atoms with van der Waals surface area (Å²) in [6.07, 6.45) is 0.330. The standard InChI is InChI=1S/C17H17N3O5S/c1-11-3-2-4-16(18-11)24-12-7-8-20(10-12)26(22,23)13-5-6-15-14(9-13)19-17(21)25-15/h2-6,9,12H,7-8,10H2,1H3,(H,19,21). The highest BCUT2D eigenvalue weighted by Crippen LogP contribution is 2.25. The van der Waals surface area contributed by atoms with E-state index in [1.54, 1.807) is 6.07 Å². The molecule has 1 fully saturated rings. The average Bonchev–Trinajstić information content (AvgIpc) is 3.20. The minimum atomic E-state index is -3.69. The van der Waals surface area contributed by atoms with Crippen molar-refractivity contribution < 1.29 is 17.6 Å². The first kappa shape index (κ1) is 16.8. The lowest BCUT2D eigenvalue weighted by molar-refractivity contribution is 0.206. The Hall–Kier alpha value is -2.65. The van der Waals surface area contributed by atoms with Gasteiger partial charge in [-0.05, 0) is 37.6 Å². The van der Waals surface area contributed by atoms with Gasteiger partial charge in [-0.15, -0.1) is 0 Å². The summed E-state index contributed by atoms with van der Waals surface area (Å²) in [4.78, 5) is 18.1. The number of sulfonamides is 1. The van der Waals surface area contributed by atoms with Crippen LogP contribution in [-0.4, -0.2) is 41.9 Å². The van der Waals surface area contributed by atoms with E-state index in [2.05, 4.69) is 9.97 Å². The van der Waals surface area contributed by atoms with E-state index in [1.165, 1.54) is 22.5 Å². The summed E-state index contributed by atoms with van der Waals surface area (Å²) in [6.45, 7) is 2.48. The van der Waals surface area contributed by atoms with Crippen LogP contribution in [-0.2, 0) is 10.0 Å². The minimum absolute atomic E-state index is 0.108. The number of benzene rings is 1. The molecule has 3 heterocycles. The third-order valence-electron chi connectivity index (χ3n) is 4.29. The van der Waals surface area contributed by atoms with Crippen LogP contribution in [0.5, 0.6) is 5.88 Å². The van der Waals surface area contributed by atoms with Crippen LogP contribution in [0.25, 0.3) is 11.1 Å². The zero-order chi connectivity index (χ0) is 18.3. The molecule has 1 N–H and O–H groups in total. The van der Waals surface area contributed by atoms with Crippen molar-refractivity contribution in [2.45, 2.75) is 24.3 Å². The van der Waals surface area contributed by atoms with Gasteiger partial charge in [0.15, 0.2) is 5.58 Å². The fourth-order valence-electron chi connectivity index (χ4n) is 3.01. The number of oxazole rings is 1. The highest BCUT2D eigenvalue weighted by molar-refractivity contribution is 7.89. The van der Waals surface area contributed by atoms with Crippen LogP contribution in [0.2, 0.25) is 0 Å². The molecule has 2 aromatic heterocycles. The number of rotatable bonds is 4. The molecule has 1 aliphatic heterocycles. The molecule has 0 spiro atoms. The molecule has 1 aromatic carbocycles. The van der Waals surface area contributed by atoms with Gasteiger partial charge in [-0.25, -0.2) is 18.2 Å². The zero-order valence-corrected chi connectivity index (χ0v) is 14.8. The Morgan fingerprint density at radius 2 is 2.15 bits per heavy atom. The summed E-state index contributed by atoms with van der Waals surface area (Å²) in [5.74, 6) is -0.124. The van der Waals surface area contributed by atoms with E-state index in [4.69, 9.17) is 9.15 Å². The Morgan fingerprint density at radius 3 is 2.96 bits per heavy atom. The van der Waals surface area contributed by atoms with Gasteiger partial charge in [0, 0.05) is 18.3 Å². The number of fused-ring (bicyclic) bond motifs is 1. The van der Waals surface area contributed by atoms with Crippen LogP contribution in [0.15, 0.2) is 50.5 Å². The Kier molecular flexibility index (Phi) is 4.04. The van der Waals surface area contributed by atoms with Crippen LogP contribution >= 0.6 is 0 Å². The summed E-state index contributed by atoms with van der Waals surface area (Å²) < 4.78 is 37.8. The number of nitrogens with zero attached hydrogens (tertiary/aromatic N) is 2. The fraction of sp³-hybridized carbons (Fsp3) is 0.294. The number of aromatic nitrogens is 2. The predicted octanol–water partition coefficient (Wildman–Crippen LogP) is 1.67. The topological polar surface area (TPSA) is 105 Å². The second-order valence-electron chi connectivity index (χ2n) is 6.18. The number of hydrogen-bond donors (Lipinski definition) is 1. The van der Waals surface area contributed by atoms with Crippen molar-refractivity contribution in [1.29, 1.82) is 0 Å². The minimum Gasteiger partial charge on any atom is -0.473 e. The van der Waals surface area contributed by atoms with Gasteiger partial charge in [0.05, 0.1) is 17.0 Å². The summed E-state index contributed by atoms with van der Waals surface area (Å²) >= 11 is 0. The molecule has 1 aliphatic rings. The maximum absolute atomic E-state index is 12.9. The van der Waals surface area contributed by atoms with E-state index >= 15 is 0 Å². The third kappa shape index (κ3) is 3.11. The van der Waals surface area contributed by atoms with E-state index in [9.17, 15) is 13.2 Å². The first-order valence-electron chi connectivity index (χ1n) is 8.15. The number of pyridine rings is 1. The Morgan fingerprint density at radius 1 is 1.31 bits per heavy atom. The maximum Gasteiger partial charge on any atom is 0.417 e. The molecule has 1 atom stereocenters. The normalized spacial score (nSPS) is 18.4. The molecule has 8 nitrogen and oxygen atoms in total. The highest BCUT2D eigenvalue weighted by Gasteiger charge is 2.34. The van der Waals surface area contributed by atoms with Crippen molar-refractivity contribution in [2.24, 2.45) is 0 Å². The lowest BCUT2D eigenvalue weighted by Crippen LogP contribution is -2.31. The lowest BCUT2D eigenvalue weighted by atomic mass is 10.3. The van der Waals surface area contributed by atoms with Gasteiger partial charge in [0.25, 0.3) is 0 Å². The summed E-state index contributed by atoms with van der Waals surface area (Å²) in [5.41, 5.74) is 1.52. The summed E-state index contributed by atoms with van der Waals surface area (Å²) in [6, 6.07) is 9.79. The lowest BCUT2D eigenvalue weighted by Gasteiger charge is -2.17. The number of aromatic amines is 1. The number of hydrogen-bond acceptors (Lipinski definition) is 6. The predicted molar refractivity (Wildman–Crippen MR) is 93.6 cm³/mol. The molecule has 9 heteroatoms. The molecule has 1 saturated heterocycles. The van der Waals surface area contributed by atoms with Gasteiger partial charge in [-0.1, -0.05) is 6.07 Å². The van der Waals surface area contributed by atoms with Crippen LogP contribution in [0.1, 0.15) is 12.1 Å². The molecule has 0 aliphatic carbocycles. The van der Waals surface area contributed by atoms with Gasteiger partial charge in [0.1, 0.15) is 6.10 Å². The van der Waals surface area contributed by atoms with Crippen LogP contribution in [0, 0.1) is 6.92 Å². The molecule has 0 amide bonds. The van der Waals surface area contributed by atoms with E-state index in [0.717, 1.165) is 5.69 Å². The van der Waals surface area contributed by atoms with Gasteiger partial charge >= 0.3 is 5.76 Å². The van der Waals surface area contributed by atoms with Crippen molar-refractivity contribution >= 4 is 21.1 Å². The van der Waals surface area contributed by atoms with Crippen molar-refractivity contribution in [1.82, 2.24) is 14.3 Å². The zero-order valence-electron chi connectivity index (χ0n) is 14.0. The van der Waals surface area contributed by atoms with Crippen LogP contribution < -0.4 is 10.5 Å². The number of nitrogens with one attached hydrogen (secondary N) is 1. The third-order valence-corrected chi connectivity index (χ3v) is 6.15. The Bertz CT molecular complexity index is 1120. The van der Waals surface area contributed by atoms with Gasteiger partial charge in [-0.3, -0.25) is 4.98 Å². The van der Waals surface area contributed by atoms with Crippen molar-refractivity contribution in [3.63, 3.8) is 0 Å². The van der Waals surface area contributed by atoms with E-state index in [0.29, 0.717) is 29.9 Å². The summed E-state index contributed by atoms with van der Waals surface area (Å²) in [5, 5.41) is 0. The molecule has 0 bridgehead atoms. The number of ether oxygens (including phenoxy) is 1. The van der Waals surface area contributed by atoms with Gasteiger partial charge in [0.2, 0.25) is 15.9 Å². The Balaban J connectivity index is 1.53. The maximum atomic E-state index is 12.9. The summed E-state index contributed by atoms with van der Waals surface area (Å²) in [7, 11) is -3.69. The van der Waals surface area contributed by atoms with Crippen molar-refractivity contribution in [2.75, 3.05) is 13.1 Å². The first-order valence-corrected chi connectivity index (χ1v) is 9.59. The van der Waals surface area contributed by atoms with Crippen LogP contribution in [0.4, 0.5) is 0 Å². The molecule has 1 unspecified atom stereocenters. The van der Waals surface area contributed by atoms with Crippen LogP contribution in [0.3, 0.4) is 0 Å². The van der Waals surface area contributed by atoms with E-state index < -0.39 is 15.8 Å². The molecular weight excluding hydrogens is 358 g/mol. The van der Waals surface area contributed by atoms with E-state index in [-0.39, 0.29) is 17.5 Å². The fourth-order valence-corrected chi connectivity index (χ4v) is 4.52. The van der Waals surface area contributed by atoms with Gasteiger partial charge in [-0.2, -0.15) is 4.31 Å². The first-order chi connectivity index (χ1) is 12.4. The molecular formula is C17H17N3O5S. The largest absolute Gasteiger partial charge is 0.473 e. The highest BCUT2D eigenvalue weighted by atomic mass is 32.2. The number of H-pyrrole nitrogens is 1. The monoisotopic (exact) mass is 375 g/mol. The second-order valence-corrected chi connectivity index (χ2v) is 8.12. The number of aryl methyl sites for hydroxylation is 1. The SMILES string of the molecule is Cc1cccc(OC2CCN(S(=O)(=O)c3ccc4oc(=O)[nH]c4c3)C2)n1. The average molecular weight is 375 g/mol. The second kappa shape index (κ2) is 6.26. The Labute approximate surface area is 149 Å². The van der Waals surface area contributed by atoms with E-state index in [1.807, 2.05) is 19.1 Å². The molecule has 3 aromatic rings. The molecule has 26 heavy (non-hydrogen) atoms. The molecule has 136 valence electrons. The quantitative estimate of drug-likeness (QED) is 0.744.